The highest BCUT2D eigenvalue weighted by atomic mass is 16.2. The zero-order chi connectivity index (χ0) is 21.4. The molecule has 2 N–H and O–H groups in total. The summed E-state index contributed by atoms with van der Waals surface area (Å²) in [6.45, 7) is 6.90. The van der Waals surface area contributed by atoms with Crippen LogP contribution in [0.25, 0.3) is 0 Å². The summed E-state index contributed by atoms with van der Waals surface area (Å²) >= 11 is 0. The molecule has 31 heavy (non-hydrogen) atoms. The summed E-state index contributed by atoms with van der Waals surface area (Å²) in [5, 5.41) is 11.0. The maximum atomic E-state index is 13.3. The molecule has 5 rings (SSSR count). The second kappa shape index (κ2) is 8.48. The Hall–Kier alpha value is -2.64. The third kappa shape index (κ3) is 4.00. The van der Waals surface area contributed by atoms with Gasteiger partial charge in [0.1, 0.15) is 11.9 Å². The number of hydrogen-bond acceptors (Lipinski definition) is 6. The standard InChI is InChI=1S/C23H33N7O/c1-15(2)18-14-20(28-27-18)25-21-16-8-6-9-17(16)24-23(26-21)30-13-7-10-19(30)22(31)29-11-4-3-5-12-29/h14-15,19H,3-13H2,1-2H3,(H2,24,25,26,27,28)/t19-/m0/s1. The molecule has 1 amide bonds. The summed E-state index contributed by atoms with van der Waals surface area (Å²) < 4.78 is 0. The first-order valence-electron chi connectivity index (χ1n) is 11.9. The van der Waals surface area contributed by atoms with Crippen molar-refractivity contribution in [3.63, 3.8) is 0 Å². The van der Waals surface area contributed by atoms with Crippen molar-refractivity contribution in [3.8, 4) is 0 Å². The van der Waals surface area contributed by atoms with E-state index < -0.39 is 0 Å². The fourth-order valence-corrected chi connectivity index (χ4v) is 5.06. The van der Waals surface area contributed by atoms with Crippen LogP contribution in [0.3, 0.4) is 0 Å². The predicted molar refractivity (Wildman–Crippen MR) is 121 cm³/mol. The second-order valence-corrected chi connectivity index (χ2v) is 9.38. The fraction of sp³-hybridized carbons (Fsp3) is 0.652. The number of H-pyrrole nitrogens is 1. The van der Waals surface area contributed by atoms with E-state index in [-0.39, 0.29) is 11.9 Å². The van der Waals surface area contributed by atoms with Crippen LogP contribution in [0, 0.1) is 0 Å². The Morgan fingerprint density at radius 1 is 1.10 bits per heavy atom. The van der Waals surface area contributed by atoms with E-state index in [1.807, 2.05) is 6.07 Å². The quantitative estimate of drug-likeness (QED) is 0.765. The Balaban J connectivity index is 1.42. The van der Waals surface area contributed by atoms with Gasteiger partial charge in [0.15, 0.2) is 5.82 Å². The van der Waals surface area contributed by atoms with Crippen molar-refractivity contribution in [2.45, 2.75) is 77.2 Å². The number of rotatable bonds is 5. The first kappa shape index (κ1) is 20.3. The van der Waals surface area contributed by atoms with Gasteiger partial charge >= 0.3 is 0 Å². The van der Waals surface area contributed by atoms with E-state index in [9.17, 15) is 4.79 Å². The number of aromatic nitrogens is 4. The molecule has 2 fully saturated rings. The van der Waals surface area contributed by atoms with E-state index in [2.05, 4.69) is 39.2 Å². The van der Waals surface area contributed by atoms with Crippen LogP contribution in [0.15, 0.2) is 6.07 Å². The number of anilines is 3. The SMILES string of the molecule is CC(C)c1cc(Nc2nc(N3CCC[C@H]3C(=O)N3CCCCC3)nc3c2CCC3)n[nH]1. The molecule has 8 nitrogen and oxygen atoms in total. The van der Waals surface area contributed by atoms with Crippen LogP contribution >= 0.6 is 0 Å². The van der Waals surface area contributed by atoms with Gasteiger partial charge in [-0.1, -0.05) is 13.8 Å². The van der Waals surface area contributed by atoms with Crippen molar-refractivity contribution < 1.29 is 4.79 Å². The average Bonchev–Trinajstić information content (AvgIpc) is 3.53. The highest BCUT2D eigenvalue weighted by Crippen LogP contribution is 2.33. The molecule has 8 heteroatoms. The first-order chi connectivity index (χ1) is 15.1. The van der Waals surface area contributed by atoms with Crippen LogP contribution in [0.5, 0.6) is 0 Å². The van der Waals surface area contributed by atoms with Gasteiger partial charge < -0.3 is 15.1 Å². The normalized spacial score (nSPS) is 21.1. The van der Waals surface area contributed by atoms with E-state index in [1.165, 1.54) is 12.0 Å². The molecule has 0 radical (unpaired) electrons. The highest BCUT2D eigenvalue weighted by molar-refractivity contribution is 5.85. The number of carbonyl (C=O) groups excluding carboxylic acids is 1. The van der Waals surface area contributed by atoms with Crippen molar-refractivity contribution in [1.82, 2.24) is 25.1 Å². The van der Waals surface area contributed by atoms with Crippen molar-refractivity contribution in [1.29, 1.82) is 0 Å². The number of aryl methyl sites for hydroxylation is 1. The summed E-state index contributed by atoms with van der Waals surface area (Å²) in [6, 6.07) is 1.91. The number of likely N-dealkylation sites (tertiary alicyclic amines) is 1. The molecule has 2 saturated heterocycles. The van der Waals surface area contributed by atoms with E-state index in [0.29, 0.717) is 11.9 Å². The molecule has 4 heterocycles. The largest absolute Gasteiger partial charge is 0.341 e. The summed E-state index contributed by atoms with van der Waals surface area (Å²) in [7, 11) is 0. The Morgan fingerprint density at radius 2 is 1.94 bits per heavy atom. The lowest BCUT2D eigenvalue weighted by atomic mass is 10.1. The van der Waals surface area contributed by atoms with Crippen molar-refractivity contribution >= 4 is 23.5 Å². The van der Waals surface area contributed by atoms with Crippen LogP contribution in [-0.4, -0.2) is 56.6 Å². The highest BCUT2D eigenvalue weighted by Gasteiger charge is 2.36. The van der Waals surface area contributed by atoms with Crippen LogP contribution in [0.4, 0.5) is 17.6 Å². The van der Waals surface area contributed by atoms with Gasteiger partial charge in [0, 0.05) is 37.0 Å². The van der Waals surface area contributed by atoms with Gasteiger partial charge in [-0.2, -0.15) is 10.1 Å². The minimum absolute atomic E-state index is 0.136. The number of fused-ring (bicyclic) bond motifs is 1. The minimum Gasteiger partial charge on any atom is -0.341 e. The number of hydrogen-bond donors (Lipinski definition) is 2. The van der Waals surface area contributed by atoms with Gasteiger partial charge in [-0.05, 0) is 57.3 Å². The van der Waals surface area contributed by atoms with Gasteiger partial charge in [-0.15, -0.1) is 0 Å². The number of nitrogens with zero attached hydrogens (tertiary/aromatic N) is 5. The molecule has 2 aliphatic heterocycles. The van der Waals surface area contributed by atoms with Crippen LogP contribution in [0.1, 0.15) is 75.2 Å². The molecular formula is C23H33N7O. The van der Waals surface area contributed by atoms with Gasteiger partial charge in [0.05, 0.1) is 5.69 Å². The lowest BCUT2D eigenvalue weighted by Gasteiger charge is -2.32. The van der Waals surface area contributed by atoms with Gasteiger partial charge in [-0.25, -0.2) is 4.98 Å². The molecule has 1 aliphatic carbocycles. The van der Waals surface area contributed by atoms with Crippen molar-refractivity contribution in [3.05, 3.63) is 23.0 Å². The van der Waals surface area contributed by atoms with Gasteiger partial charge in [-0.3, -0.25) is 9.89 Å². The molecule has 166 valence electrons. The Labute approximate surface area is 183 Å². The summed E-state index contributed by atoms with van der Waals surface area (Å²) in [6.07, 6.45) is 8.39. The number of amides is 1. The van der Waals surface area contributed by atoms with Gasteiger partial charge in [0.25, 0.3) is 0 Å². The third-order valence-electron chi connectivity index (χ3n) is 6.85. The zero-order valence-electron chi connectivity index (χ0n) is 18.7. The zero-order valence-corrected chi connectivity index (χ0v) is 18.7. The molecule has 0 aromatic carbocycles. The number of carbonyl (C=O) groups is 1. The van der Waals surface area contributed by atoms with Crippen molar-refractivity contribution in [2.24, 2.45) is 0 Å². The predicted octanol–water partition coefficient (Wildman–Crippen LogP) is 3.54. The Bertz CT molecular complexity index is 947. The second-order valence-electron chi connectivity index (χ2n) is 9.38. The van der Waals surface area contributed by atoms with Gasteiger partial charge in [0.2, 0.25) is 11.9 Å². The van der Waals surface area contributed by atoms with Crippen LogP contribution < -0.4 is 10.2 Å². The lowest BCUT2D eigenvalue weighted by Crippen LogP contribution is -2.48. The molecule has 2 aromatic rings. The summed E-state index contributed by atoms with van der Waals surface area (Å²) in [4.78, 5) is 27.3. The molecule has 0 saturated carbocycles. The van der Waals surface area contributed by atoms with E-state index >= 15 is 0 Å². The molecular weight excluding hydrogens is 390 g/mol. The maximum Gasteiger partial charge on any atom is 0.245 e. The summed E-state index contributed by atoms with van der Waals surface area (Å²) in [5.74, 6) is 2.96. The first-order valence-corrected chi connectivity index (χ1v) is 11.9. The van der Waals surface area contributed by atoms with E-state index in [4.69, 9.17) is 9.97 Å². The number of aromatic amines is 1. The van der Waals surface area contributed by atoms with E-state index in [1.54, 1.807) is 0 Å². The van der Waals surface area contributed by atoms with Crippen LogP contribution in [0.2, 0.25) is 0 Å². The smallest absolute Gasteiger partial charge is 0.245 e. The van der Waals surface area contributed by atoms with Crippen molar-refractivity contribution in [2.75, 3.05) is 29.9 Å². The molecule has 0 spiro atoms. The number of piperidine rings is 1. The minimum atomic E-state index is -0.136. The summed E-state index contributed by atoms with van der Waals surface area (Å²) in [5.41, 5.74) is 3.40. The lowest BCUT2D eigenvalue weighted by molar-refractivity contribution is -0.133. The molecule has 3 aliphatic rings. The Kier molecular flexibility index (Phi) is 5.54. The van der Waals surface area contributed by atoms with Crippen LogP contribution in [-0.2, 0) is 17.6 Å². The maximum absolute atomic E-state index is 13.3. The molecule has 0 bridgehead atoms. The number of nitrogens with one attached hydrogen (secondary N) is 2. The molecule has 0 unspecified atom stereocenters. The Morgan fingerprint density at radius 3 is 2.71 bits per heavy atom. The molecule has 2 aromatic heterocycles. The molecule has 1 atom stereocenters. The average molecular weight is 424 g/mol. The monoisotopic (exact) mass is 423 g/mol. The van der Waals surface area contributed by atoms with E-state index in [0.717, 1.165) is 87.6 Å². The third-order valence-corrected chi connectivity index (χ3v) is 6.85. The topological polar surface area (TPSA) is 90.0 Å². The fourth-order valence-electron chi connectivity index (χ4n) is 5.06.